The Bertz CT molecular complexity index is 1330. The lowest BCUT2D eigenvalue weighted by Crippen LogP contribution is -2.40. The topological polar surface area (TPSA) is 107 Å². The van der Waals surface area contributed by atoms with Crippen LogP contribution in [0.25, 0.3) is 22.2 Å². The van der Waals surface area contributed by atoms with E-state index in [9.17, 15) is 4.79 Å². The average molecular weight is 439 g/mol. The molecule has 1 amide bonds. The van der Waals surface area contributed by atoms with Gasteiger partial charge in [-0.3, -0.25) is 4.79 Å². The molecule has 0 radical (unpaired) electrons. The zero-order valence-corrected chi connectivity index (χ0v) is 17.8. The molecule has 1 saturated heterocycles. The molecule has 11 heteroatoms. The number of nitrogens with zero attached hydrogens (tertiary/aromatic N) is 5. The molecule has 4 aromatic heterocycles. The summed E-state index contributed by atoms with van der Waals surface area (Å²) in [5.41, 5.74) is 2.16. The maximum Gasteiger partial charge on any atom is 0.254 e. The second-order valence-corrected chi connectivity index (χ2v) is 7.70. The van der Waals surface area contributed by atoms with Crippen molar-refractivity contribution in [1.29, 1.82) is 0 Å². The highest BCUT2D eigenvalue weighted by Gasteiger charge is 2.27. The van der Waals surface area contributed by atoms with Gasteiger partial charge >= 0.3 is 0 Å². The predicted octanol–water partition coefficient (Wildman–Crippen LogP) is 2.00. The molecule has 1 fully saturated rings. The molecule has 0 bridgehead atoms. The highest BCUT2D eigenvalue weighted by Crippen LogP contribution is 2.35. The molecular formula is C21H22FN7O3. The minimum atomic E-state index is -0.486. The van der Waals surface area contributed by atoms with Gasteiger partial charge < -0.3 is 20.1 Å². The van der Waals surface area contributed by atoms with Crippen LogP contribution in [0.1, 0.15) is 17.3 Å². The molecule has 0 saturated carbocycles. The monoisotopic (exact) mass is 439 g/mol. The van der Waals surface area contributed by atoms with Crippen LogP contribution in [-0.2, 0) is 4.74 Å². The fourth-order valence-corrected chi connectivity index (χ4v) is 3.81. The van der Waals surface area contributed by atoms with E-state index in [1.165, 1.54) is 24.0 Å². The van der Waals surface area contributed by atoms with Crippen molar-refractivity contribution in [2.24, 2.45) is 5.92 Å². The second kappa shape index (κ2) is 7.75. The summed E-state index contributed by atoms with van der Waals surface area (Å²) in [6.07, 6.45) is 4.44. The molecule has 1 aliphatic rings. The molecule has 5 heterocycles. The third kappa shape index (κ3) is 3.21. The van der Waals surface area contributed by atoms with Gasteiger partial charge in [-0.25, -0.2) is 13.4 Å². The molecule has 0 aromatic carbocycles. The van der Waals surface area contributed by atoms with Crippen LogP contribution < -0.4 is 15.4 Å². The van der Waals surface area contributed by atoms with E-state index in [0.717, 1.165) is 0 Å². The summed E-state index contributed by atoms with van der Waals surface area (Å²) >= 11 is 0. The van der Waals surface area contributed by atoms with Crippen molar-refractivity contribution < 1.29 is 18.7 Å². The van der Waals surface area contributed by atoms with E-state index in [-0.39, 0.29) is 23.4 Å². The number of nitrogens with one attached hydrogen (secondary N) is 2. The van der Waals surface area contributed by atoms with Crippen molar-refractivity contribution in [3.05, 3.63) is 42.1 Å². The molecule has 1 atom stereocenters. The molecule has 0 unspecified atom stereocenters. The maximum absolute atomic E-state index is 15.2. The van der Waals surface area contributed by atoms with E-state index in [2.05, 4.69) is 25.8 Å². The van der Waals surface area contributed by atoms with Gasteiger partial charge in [0.05, 0.1) is 49.4 Å². The Balaban J connectivity index is 1.61. The van der Waals surface area contributed by atoms with Crippen molar-refractivity contribution in [3.8, 4) is 17.0 Å². The number of hydrogen-bond donors (Lipinski definition) is 2. The molecule has 0 spiro atoms. The van der Waals surface area contributed by atoms with Crippen molar-refractivity contribution in [2.75, 3.05) is 32.7 Å². The van der Waals surface area contributed by atoms with E-state index in [4.69, 9.17) is 9.47 Å². The lowest BCUT2D eigenvalue weighted by Gasteiger charge is -2.31. The number of ether oxygens (including phenoxy) is 2. The summed E-state index contributed by atoms with van der Waals surface area (Å²) in [4.78, 5) is 16.6. The molecule has 1 aliphatic heterocycles. The number of methoxy groups -OCH3 is 1. The standard InChI is InChI=1S/C21H22FN7O3/c1-11(13-9-32-10-13)25-21-26-20(31-3)18-17(15(22)8-29(18)27-21)12-4-5-28-16(6-12)14(7-24-28)19(30)23-2/h4-8,11,13H,9-10H2,1-3H3,(H,23,30)(H,25,27)/t11-/m0/s1. The number of fused-ring (bicyclic) bond motifs is 2. The summed E-state index contributed by atoms with van der Waals surface area (Å²) in [5, 5.41) is 14.4. The third-order valence-electron chi connectivity index (χ3n) is 5.76. The number of anilines is 1. The number of carbonyl (C=O) groups is 1. The van der Waals surface area contributed by atoms with Gasteiger partial charge in [0.15, 0.2) is 5.82 Å². The minimum Gasteiger partial charge on any atom is -0.479 e. The summed E-state index contributed by atoms with van der Waals surface area (Å²) in [7, 11) is 3.03. The first-order valence-corrected chi connectivity index (χ1v) is 10.2. The quantitative estimate of drug-likeness (QED) is 0.473. The first-order valence-electron chi connectivity index (χ1n) is 10.2. The highest BCUT2D eigenvalue weighted by molar-refractivity contribution is 6.01. The van der Waals surface area contributed by atoms with Crippen molar-refractivity contribution in [1.82, 2.24) is 29.5 Å². The summed E-state index contributed by atoms with van der Waals surface area (Å²) in [6, 6.07) is 3.52. The number of halogens is 1. The Morgan fingerprint density at radius 3 is 2.88 bits per heavy atom. The van der Waals surface area contributed by atoms with Crippen LogP contribution in [0.2, 0.25) is 0 Å². The molecule has 166 valence electrons. The number of pyridine rings is 1. The molecule has 10 nitrogen and oxygen atoms in total. The average Bonchev–Trinajstić information content (AvgIpc) is 3.30. The van der Waals surface area contributed by atoms with E-state index in [0.29, 0.717) is 47.2 Å². The van der Waals surface area contributed by atoms with Crippen LogP contribution >= 0.6 is 0 Å². The normalized spacial score (nSPS) is 15.0. The van der Waals surface area contributed by atoms with Crippen LogP contribution in [0.4, 0.5) is 10.3 Å². The van der Waals surface area contributed by atoms with Gasteiger partial charge in [0.25, 0.3) is 5.91 Å². The summed E-state index contributed by atoms with van der Waals surface area (Å²) in [6.45, 7) is 3.40. The summed E-state index contributed by atoms with van der Waals surface area (Å²) < 4.78 is 28.9. The Hall–Kier alpha value is -3.73. The lowest BCUT2D eigenvalue weighted by atomic mass is 10.0. The molecule has 32 heavy (non-hydrogen) atoms. The Kier molecular flexibility index (Phi) is 4.89. The van der Waals surface area contributed by atoms with Gasteiger partial charge in [0.2, 0.25) is 11.8 Å². The molecule has 0 aliphatic carbocycles. The number of rotatable bonds is 6. The third-order valence-corrected chi connectivity index (χ3v) is 5.76. The largest absolute Gasteiger partial charge is 0.479 e. The van der Waals surface area contributed by atoms with Gasteiger partial charge in [-0.1, -0.05) is 0 Å². The van der Waals surface area contributed by atoms with E-state index >= 15 is 4.39 Å². The second-order valence-electron chi connectivity index (χ2n) is 7.70. The van der Waals surface area contributed by atoms with Crippen LogP contribution in [0.15, 0.2) is 30.7 Å². The molecular weight excluding hydrogens is 417 g/mol. The van der Waals surface area contributed by atoms with Crippen LogP contribution in [0.3, 0.4) is 0 Å². The fraction of sp³-hybridized carbons (Fsp3) is 0.333. The van der Waals surface area contributed by atoms with Crippen LogP contribution in [0.5, 0.6) is 5.88 Å². The van der Waals surface area contributed by atoms with Gasteiger partial charge in [-0.2, -0.15) is 10.1 Å². The van der Waals surface area contributed by atoms with Crippen molar-refractivity contribution in [2.45, 2.75) is 13.0 Å². The maximum atomic E-state index is 15.2. The van der Waals surface area contributed by atoms with Gasteiger partial charge in [-0.05, 0) is 24.6 Å². The van der Waals surface area contributed by atoms with E-state index in [1.54, 1.807) is 29.9 Å². The Morgan fingerprint density at radius 2 is 2.19 bits per heavy atom. The first kappa shape index (κ1) is 20.2. The molecule has 5 rings (SSSR count). The SMILES string of the molecule is CNC(=O)c1cnn2ccc(-c3c(F)cn4nc(N[C@@H](C)C5COC5)nc(OC)c34)cc12. The number of amides is 1. The smallest absolute Gasteiger partial charge is 0.254 e. The fourth-order valence-electron chi connectivity index (χ4n) is 3.81. The number of hydrogen-bond acceptors (Lipinski definition) is 7. The first-order chi connectivity index (χ1) is 15.5. The molecule has 2 N–H and O–H groups in total. The number of carbonyl (C=O) groups excluding carboxylic acids is 1. The zero-order valence-electron chi connectivity index (χ0n) is 17.8. The number of aromatic nitrogens is 5. The van der Waals surface area contributed by atoms with Gasteiger partial charge in [0, 0.05) is 25.2 Å². The van der Waals surface area contributed by atoms with E-state index < -0.39 is 5.82 Å². The van der Waals surface area contributed by atoms with Gasteiger partial charge in [0.1, 0.15) is 5.52 Å². The van der Waals surface area contributed by atoms with Crippen LogP contribution in [0, 0.1) is 11.7 Å². The summed E-state index contributed by atoms with van der Waals surface area (Å²) in [5.74, 6) is 0.179. The highest BCUT2D eigenvalue weighted by atomic mass is 19.1. The van der Waals surface area contributed by atoms with Crippen molar-refractivity contribution in [3.63, 3.8) is 0 Å². The Morgan fingerprint density at radius 1 is 1.38 bits per heavy atom. The van der Waals surface area contributed by atoms with E-state index in [1.807, 2.05) is 6.92 Å². The zero-order chi connectivity index (χ0) is 22.4. The van der Waals surface area contributed by atoms with Gasteiger partial charge in [-0.15, -0.1) is 5.10 Å². The Labute approximate surface area is 182 Å². The van der Waals surface area contributed by atoms with Crippen molar-refractivity contribution >= 4 is 22.9 Å². The molecule has 4 aromatic rings. The van der Waals surface area contributed by atoms with Crippen LogP contribution in [-0.4, -0.2) is 63.5 Å². The predicted molar refractivity (Wildman–Crippen MR) is 114 cm³/mol. The minimum absolute atomic E-state index is 0.0955. The lowest BCUT2D eigenvalue weighted by molar-refractivity contribution is -0.0380.